The number of carbonyl (C=O) groups excluding carboxylic acids is 1. The summed E-state index contributed by atoms with van der Waals surface area (Å²) in [5.41, 5.74) is 6.15. The first kappa shape index (κ1) is 21.2. The van der Waals surface area contributed by atoms with Crippen LogP contribution in [0.3, 0.4) is 0 Å². The number of hydrogen-bond acceptors (Lipinski definition) is 6. The first-order valence-electron chi connectivity index (χ1n) is 10.8. The summed E-state index contributed by atoms with van der Waals surface area (Å²) in [5.74, 6) is 0.569. The van der Waals surface area contributed by atoms with Gasteiger partial charge in [0.1, 0.15) is 11.9 Å². The lowest BCUT2D eigenvalue weighted by Gasteiger charge is -2.28. The van der Waals surface area contributed by atoms with Gasteiger partial charge in [-0.05, 0) is 36.3 Å². The maximum absolute atomic E-state index is 11.5. The summed E-state index contributed by atoms with van der Waals surface area (Å²) in [4.78, 5) is 18.1. The van der Waals surface area contributed by atoms with Gasteiger partial charge in [0.15, 0.2) is 0 Å². The van der Waals surface area contributed by atoms with E-state index < -0.39 is 0 Å². The van der Waals surface area contributed by atoms with Crippen molar-refractivity contribution in [3.63, 3.8) is 0 Å². The number of aromatic nitrogens is 5. The predicted octanol–water partition coefficient (Wildman–Crippen LogP) is 3.42. The van der Waals surface area contributed by atoms with Gasteiger partial charge in [-0.3, -0.25) is 9.48 Å². The van der Waals surface area contributed by atoms with Gasteiger partial charge >= 0.3 is 0 Å². The lowest BCUT2D eigenvalue weighted by molar-refractivity contribution is -0.111. The van der Waals surface area contributed by atoms with Gasteiger partial charge in [0.05, 0.1) is 35.4 Å². The molecule has 0 bridgehead atoms. The van der Waals surface area contributed by atoms with Crippen LogP contribution in [0.4, 0.5) is 11.5 Å². The van der Waals surface area contributed by atoms with Gasteiger partial charge in [0.2, 0.25) is 5.91 Å². The quantitative estimate of drug-likeness (QED) is 0.467. The highest BCUT2D eigenvalue weighted by atomic mass is 16.1. The number of aryl methyl sites for hydroxylation is 1. The molecule has 1 aliphatic heterocycles. The molecule has 0 atom stereocenters. The molecule has 0 fully saturated rings. The fraction of sp³-hybridized carbons (Fsp3) is 0.160. The number of nitriles is 1. The molecule has 0 unspecified atom stereocenters. The minimum absolute atomic E-state index is 0.267. The zero-order chi connectivity index (χ0) is 23.7. The highest BCUT2D eigenvalue weighted by Crippen LogP contribution is 2.33. The van der Waals surface area contributed by atoms with Crippen molar-refractivity contribution in [1.29, 1.82) is 5.26 Å². The maximum Gasteiger partial charge on any atom is 0.247 e. The molecule has 0 saturated heterocycles. The normalized spacial score (nSPS) is 13.4. The standard InChI is InChI=1S/C25H22N8O/c1-3-24(34)30-21-4-5-23(27-14-21)32-8-6-17(7-9-32)22-10-18(20-13-28-31(2)15-20)16-33-25(22)19(11-26)12-29-33/h3-6,10,12-16H,1,7-9H2,2H3,(H,30,34). The van der Waals surface area contributed by atoms with Crippen molar-refractivity contribution >= 4 is 28.5 Å². The molecular weight excluding hydrogens is 428 g/mol. The second-order valence-electron chi connectivity index (χ2n) is 8.03. The number of hydrogen-bond donors (Lipinski definition) is 1. The third-order valence-electron chi connectivity index (χ3n) is 5.85. The number of anilines is 2. The Kier molecular flexibility index (Phi) is 5.40. The van der Waals surface area contributed by atoms with Crippen molar-refractivity contribution < 1.29 is 4.79 Å². The van der Waals surface area contributed by atoms with E-state index in [4.69, 9.17) is 0 Å². The second-order valence-corrected chi connectivity index (χ2v) is 8.03. The van der Waals surface area contributed by atoms with E-state index in [0.29, 0.717) is 17.8 Å². The van der Waals surface area contributed by atoms with Crippen molar-refractivity contribution in [2.75, 3.05) is 23.3 Å². The van der Waals surface area contributed by atoms with Crippen LogP contribution in [0, 0.1) is 11.3 Å². The fourth-order valence-corrected chi connectivity index (χ4v) is 4.14. The Balaban J connectivity index is 1.45. The smallest absolute Gasteiger partial charge is 0.247 e. The molecule has 34 heavy (non-hydrogen) atoms. The van der Waals surface area contributed by atoms with Crippen molar-refractivity contribution in [1.82, 2.24) is 24.4 Å². The summed E-state index contributed by atoms with van der Waals surface area (Å²) in [5, 5.41) is 21.0. The van der Waals surface area contributed by atoms with Gasteiger partial charge < -0.3 is 10.2 Å². The molecule has 9 heteroatoms. The highest BCUT2D eigenvalue weighted by molar-refractivity contribution is 5.98. The predicted molar refractivity (Wildman–Crippen MR) is 130 cm³/mol. The van der Waals surface area contributed by atoms with Crippen LogP contribution >= 0.6 is 0 Å². The van der Waals surface area contributed by atoms with Gasteiger partial charge in [-0.15, -0.1) is 0 Å². The number of rotatable bonds is 5. The van der Waals surface area contributed by atoms with Gasteiger partial charge in [0.25, 0.3) is 0 Å². The van der Waals surface area contributed by atoms with E-state index in [1.165, 1.54) is 11.6 Å². The van der Waals surface area contributed by atoms with E-state index in [1.807, 2.05) is 37.8 Å². The van der Waals surface area contributed by atoms with Crippen LogP contribution < -0.4 is 10.2 Å². The Hall–Kier alpha value is -4.71. The van der Waals surface area contributed by atoms with Crippen molar-refractivity contribution in [3.8, 4) is 17.2 Å². The van der Waals surface area contributed by atoms with Crippen molar-refractivity contribution in [2.24, 2.45) is 7.05 Å². The van der Waals surface area contributed by atoms with Gasteiger partial charge in [-0.1, -0.05) is 12.7 Å². The van der Waals surface area contributed by atoms with Crippen LogP contribution in [-0.4, -0.2) is 43.4 Å². The summed E-state index contributed by atoms with van der Waals surface area (Å²) < 4.78 is 3.54. The van der Waals surface area contributed by atoms with E-state index >= 15 is 0 Å². The number of amides is 1. The Morgan fingerprint density at radius 1 is 1.21 bits per heavy atom. The average Bonchev–Trinajstić information content (AvgIpc) is 3.50. The molecule has 0 aliphatic carbocycles. The van der Waals surface area contributed by atoms with Crippen molar-refractivity contribution in [2.45, 2.75) is 6.42 Å². The molecule has 168 valence electrons. The number of carbonyl (C=O) groups is 1. The zero-order valence-corrected chi connectivity index (χ0v) is 18.6. The number of pyridine rings is 2. The molecule has 1 amide bonds. The minimum Gasteiger partial charge on any atom is -0.353 e. The summed E-state index contributed by atoms with van der Waals surface area (Å²) in [6.45, 7) is 4.91. The molecule has 0 radical (unpaired) electrons. The SMILES string of the molecule is C=CC(=O)Nc1ccc(N2CC=C(c3cc(-c4cnn(C)c4)cn4ncc(C#N)c34)CC2)nc1. The molecule has 0 spiro atoms. The monoisotopic (exact) mass is 450 g/mol. The fourth-order valence-electron chi connectivity index (χ4n) is 4.14. The molecule has 5 heterocycles. The molecule has 1 N–H and O–H groups in total. The Morgan fingerprint density at radius 3 is 2.74 bits per heavy atom. The Labute approximate surface area is 196 Å². The summed E-state index contributed by atoms with van der Waals surface area (Å²) in [7, 11) is 1.89. The zero-order valence-electron chi connectivity index (χ0n) is 18.6. The molecule has 1 aliphatic rings. The summed E-state index contributed by atoms with van der Waals surface area (Å²) >= 11 is 0. The largest absolute Gasteiger partial charge is 0.353 e. The van der Waals surface area contributed by atoms with Crippen LogP contribution in [0.2, 0.25) is 0 Å². The molecule has 0 aromatic carbocycles. The summed E-state index contributed by atoms with van der Waals surface area (Å²) in [6, 6.07) is 8.10. The van der Waals surface area contributed by atoms with Gasteiger partial charge in [-0.25, -0.2) is 9.50 Å². The minimum atomic E-state index is -0.267. The van der Waals surface area contributed by atoms with E-state index in [1.54, 1.807) is 21.6 Å². The Morgan fingerprint density at radius 2 is 2.09 bits per heavy atom. The first-order valence-corrected chi connectivity index (χ1v) is 10.8. The van der Waals surface area contributed by atoms with Crippen LogP contribution in [0.5, 0.6) is 0 Å². The topological polar surface area (TPSA) is 104 Å². The maximum atomic E-state index is 11.5. The van der Waals surface area contributed by atoms with Gasteiger partial charge in [-0.2, -0.15) is 15.5 Å². The van der Waals surface area contributed by atoms with Crippen molar-refractivity contribution in [3.05, 3.63) is 79.0 Å². The highest BCUT2D eigenvalue weighted by Gasteiger charge is 2.20. The summed E-state index contributed by atoms with van der Waals surface area (Å²) in [6.07, 6.45) is 13.2. The lowest BCUT2D eigenvalue weighted by atomic mass is 9.95. The van der Waals surface area contributed by atoms with Crippen LogP contribution in [0.25, 0.3) is 22.2 Å². The van der Waals surface area contributed by atoms with Gasteiger partial charge in [0, 0.05) is 49.2 Å². The molecule has 0 saturated carbocycles. The second kappa shape index (κ2) is 8.67. The lowest BCUT2D eigenvalue weighted by Crippen LogP contribution is -2.29. The molecular formula is C25H22N8O. The van der Waals surface area contributed by atoms with Crippen LogP contribution in [-0.2, 0) is 11.8 Å². The molecule has 4 aromatic heterocycles. The molecule has 5 rings (SSSR count). The van der Waals surface area contributed by atoms with E-state index in [0.717, 1.165) is 41.0 Å². The first-order chi connectivity index (χ1) is 16.6. The third kappa shape index (κ3) is 3.93. The van der Waals surface area contributed by atoms with E-state index in [9.17, 15) is 10.1 Å². The third-order valence-corrected chi connectivity index (χ3v) is 5.85. The number of nitrogens with zero attached hydrogens (tertiary/aromatic N) is 7. The number of nitrogens with one attached hydrogen (secondary N) is 1. The number of fused-ring (bicyclic) bond motifs is 1. The molecule has 4 aromatic rings. The van der Waals surface area contributed by atoms with Crippen LogP contribution in [0.1, 0.15) is 17.5 Å². The van der Waals surface area contributed by atoms with E-state index in [-0.39, 0.29) is 5.91 Å². The van der Waals surface area contributed by atoms with E-state index in [2.05, 4.69) is 50.2 Å². The molecule has 9 nitrogen and oxygen atoms in total. The Bertz CT molecular complexity index is 1470. The van der Waals surface area contributed by atoms with Crippen LogP contribution in [0.15, 0.2) is 67.9 Å². The average molecular weight is 451 g/mol.